The SMILES string of the molecule is Cc1ccc(NC(=O)N2CCc3onc(C(=O)NCc4ccc(F)cc4)c3C2)cc1[N+](=O)[O-]. The number of hydrogen-bond donors (Lipinski definition) is 2. The predicted molar refractivity (Wildman–Crippen MR) is 115 cm³/mol. The molecular weight excluding hydrogens is 433 g/mol. The molecule has 1 aliphatic rings. The zero-order chi connectivity index (χ0) is 23.5. The number of nitro groups is 1. The number of carbonyl (C=O) groups is 2. The van der Waals surface area contributed by atoms with E-state index in [9.17, 15) is 24.1 Å². The number of benzene rings is 2. The fourth-order valence-electron chi connectivity index (χ4n) is 3.52. The van der Waals surface area contributed by atoms with Crippen molar-refractivity contribution in [2.75, 3.05) is 11.9 Å². The van der Waals surface area contributed by atoms with Crippen molar-refractivity contribution in [2.24, 2.45) is 0 Å². The molecule has 0 radical (unpaired) electrons. The standard InChI is InChI=1S/C22H20FN5O5/c1-13-2-7-16(10-18(13)28(31)32)25-22(30)27-9-8-19-17(12-27)20(26-33-19)21(29)24-11-14-3-5-15(23)6-4-14/h2-7,10H,8-9,11-12H2,1H3,(H,24,29)(H,25,30). The molecule has 10 nitrogen and oxygen atoms in total. The maximum Gasteiger partial charge on any atom is 0.322 e. The maximum absolute atomic E-state index is 13.0. The molecule has 4 rings (SSSR count). The summed E-state index contributed by atoms with van der Waals surface area (Å²) in [4.78, 5) is 37.5. The number of hydrogen-bond acceptors (Lipinski definition) is 6. The Labute approximate surface area is 187 Å². The molecule has 0 atom stereocenters. The summed E-state index contributed by atoms with van der Waals surface area (Å²) >= 11 is 0. The lowest BCUT2D eigenvalue weighted by Gasteiger charge is -2.26. The highest BCUT2D eigenvalue weighted by Gasteiger charge is 2.30. The van der Waals surface area contributed by atoms with Crippen LogP contribution >= 0.6 is 0 Å². The summed E-state index contributed by atoms with van der Waals surface area (Å²) in [7, 11) is 0. The monoisotopic (exact) mass is 453 g/mol. The summed E-state index contributed by atoms with van der Waals surface area (Å²) in [6, 6.07) is 9.73. The molecule has 11 heteroatoms. The van der Waals surface area contributed by atoms with E-state index in [4.69, 9.17) is 4.52 Å². The minimum Gasteiger partial charge on any atom is -0.360 e. The van der Waals surface area contributed by atoms with Gasteiger partial charge in [-0.1, -0.05) is 23.4 Å². The molecule has 170 valence electrons. The van der Waals surface area contributed by atoms with Crippen LogP contribution in [-0.4, -0.2) is 33.5 Å². The average molecular weight is 453 g/mol. The Balaban J connectivity index is 1.43. The molecule has 0 spiro atoms. The van der Waals surface area contributed by atoms with Gasteiger partial charge in [0.1, 0.15) is 11.6 Å². The van der Waals surface area contributed by atoms with Gasteiger partial charge in [-0.15, -0.1) is 0 Å². The number of fused-ring (bicyclic) bond motifs is 1. The van der Waals surface area contributed by atoms with E-state index in [0.717, 1.165) is 5.56 Å². The molecule has 0 fully saturated rings. The molecule has 2 aromatic carbocycles. The van der Waals surface area contributed by atoms with Crippen LogP contribution in [0.5, 0.6) is 0 Å². The molecule has 3 amide bonds. The smallest absolute Gasteiger partial charge is 0.322 e. The molecule has 3 aromatic rings. The van der Waals surface area contributed by atoms with Crippen LogP contribution in [0, 0.1) is 22.9 Å². The zero-order valence-corrected chi connectivity index (χ0v) is 17.6. The number of nitro benzene ring substituents is 1. The molecule has 1 aliphatic heterocycles. The lowest BCUT2D eigenvalue weighted by Crippen LogP contribution is -2.39. The topological polar surface area (TPSA) is 131 Å². The number of urea groups is 1. The third-order valence-corrected chi connectivity index (χ3v) is 5.35. The van der Waals surface area contributed by atoms with Gasteiger partial charge in [-0.2, -0.15) is 0 Å². The van der Waals surface area contributed by atoms with Gasteiger partial charge in [-0.25, -0.2) is 9.18 Å². The van der Waals surface area contributed by atoms with Gasteiger partial charge in [0.2, 0.25) is 0 Å². The highest BCUT2D eigenvalue weighted by atomic mass is 19.1. The molecule has 0 saturated carbocycles. The first-order valence-electron chi connectivity index (χ1n) is 10.1. The number of aromatic nitrogens is 1. The highest BCUT2D eigenvalue weighted by Crippen LogP contribution is 2.25. The molecule has 0 bridgehead atoms. The van der Waals surface area contributed by atoms with Crippen molar-refractivity contribution in [1.29, 1.82) is 0 Å². The summed E-state index contributed by atoms with van der Waals surface area (Å²) in [6.45, 7) is 2.22. The van der Waals surface area contributed by atoms with Gasteiger partial charge in [-0.05, 0) is 30.7 Å². The molecule has 0 saturated heterocycles. The zero-order valence-electron chi connectivity index (χ0n) is 17.6. The second kappa shape index (κ2) is 9.07. The lowest BCUT2D eigenvalue weighted by molar-refractivity contribution is -0.385. The van der Waals surface area contributed by atoms with Crippen LogP contribution < -0.4 is 10.6 Å². The van der Waals surface area contributed by atoms with E-state index in [-0.39, 0.29) is 30.3 Å². The van der Waals surface area contributed by atoms with Crippen molar-refractivity contribution in [1.82, 2.24) is 15.4 Å². The summed E-state index contributed by atoms with van der Waals surface area (Å²) < 4.78 is 18.3. The summed E-state index contributed by atoms with van der Waals surface area (Å²) in [5.74, 6) is -0.313. The van der Waals surface area contributed by atoms with E-state index in [2.05, 4.69) is 15.8 Å². The summed E-state index contributed by atoms with van der Waals surface area (Å²) in [5.41, 5.74) is 1.99. The van der Waals surface area contributed by atoms with Crippen molar-refractivity contribution >= 4 is 23.3 Å². The van der Waals surface area contributed by atoms with Crippen LogP contribution in [0.4, 0.5) is 20.6 Å². The van der Waals surface area contributed by atoms with Gasteiger partial charge >= 0.3 is 6.03 Å². The Hall–Kier alpha value is -4.28. The Morgan fingerprint density at radius 1 is 1.24 bits per heavy atom. The summed E-state index contributed by atoms with van der Waals surface area (Å²) in [6.07, 6.45) is 0.370. The molecule has 2 N–H and O–H groups in total. The Kier molecular flexibility index (Phi) is 6.03. The van der Waals surface area contributed by atoms with E-state index in [0.29, 0.717) is 35.5 Å². The van der Waals surface area contributed by atoms with Gasteiger partial charge in [0.25, 0.3) is 11.6 Å². The minimum atomic E-state index is -0.508. The summed E-state index contributed by atoms with van der Waals surface area (Å²) in [5, 5.41) is 20.4. The van der Waals surface area contributed by atoms with Crippen LogP contribution in [0.2, 0.25) is 0 Å². The van der Waals surface area contributed by atoms with Crippen molar-refractivity contribution in [3.8, 4) is 0 Å². The first-order valence-corrected chi connectivity index (χ1v) is 10.1. The minimum absolute atomic E-state index is 0.0792. The van der Waals surface area contributed by atoms with Gasteiger partial charge in [0.05, 0.1) is 11.5 Å². The fourth-order valence-corrected chi connectivity index (χ4v) is 3.52. The van der Waals surface area contributed by atoms with E-state index in [1.165, 1.54) is 23.1 Å². The fraction of sp³-hybridized carbons (Fsp3) is 0.227. The number of nitrogens with zero attached hydrogens (tertiary/aromatic N) is 3. The van der Waals surface area contributed by atoms with Crippen LogP contribution in [0.1, 0.15) is 32.9 Å². The van der Waals surface area contributed by atoms with E-state index in [1.807, 2.05) is 0 Å². The second-order valence-corrected chi connectivity index (χ2v) is 7.60. The first-order chi connectivity index (χ1) is 15.8. The van der Waals surface area contributed by atoms with Gasteiger partial charge in [-0.3, -0.25) is 14.9 Å². The highest BCUT2D eigenvalue weighted by molar-refractivity contribution is 5.94. The molecule has 1 aromatic heterocycles. The molecule has 0 unspecified atom stereocenters. The largest absolute Gasteiger partial charge is 0.360 e. The van der Waals surface area contributed by atoms with E-state index >= 15 is 0 Å². The maximum atomic E-state index is 13.0. The van der Waals surface area contributed by atoms with Crippen molar-refractivity contribution < 1.29 is 23.4 Å². The Morgan fingerprint density at radius 3 is 2.73 bits per heavy atom. The Bertz CT molecular complexity index is 1220. The number of halogens is 1. The quantitative estimate of drug-likeness (QED) is 0.449. The van der Waals surface area contributed by atoms with Crippen LogP contribution in [0.15, 0.2) is 47.0 Å². The molecular formula is C22H20FN5O5. The average Bonchev–Trinajstić information content (AvgIpc) is 3.23. The molecule has 0 aliphatic carbocycles. The van der Waals surface area contributed by atoms with E-state index < -0.39 is 16.9 Å². The normalized spacial score (nSPS) is 12.7. The predicted octanol–water partition coefficient (Wildman–Crippen LogP) is 3.55. The third-order valence-electron chi connectivity index (χ3n) is 5.35. The number of anilines is 1. The number of carbonyl (C=O) groups excluding carboxylic acids is 2. The lowest BCUT2D eigenvalue weighted by atomic mass is 10.1. The van der Waals surface area contributed by atoms with Crippen LogP contribution in [0.3, 0.4) is 0 Å². The number of aryl methyl sites for hydroxylation is 1. The van der Waals surface area contributed by atoms with Crippen LogP contribution in [0.25, 0.3) is 0 Å². The third kappa shape index (κ3) is 4.81. The van der Waals surface area contributed by atoms with Gasteiger partial charge in [0, 0.05) is 42.4 Å². The molecule has 2 heterocycles. The van der Waals surface area contributed by atoms with Crippen molar-refractivity contribution in [2.45, 2.75) is 26.4 Å². The van der Waals surface area contributed by atoms with Crippen molar-refractivity contribution in [3.05, 3.63) is 86.5 Å². The van der Waals surface area contributed by atoms with Gasteiger partial charge < -0.3 is 20.1 Å². The van der Waals surface area contributed by atoms with Gasteiger partial charge in [0.15, 0.2) is 5.69 Å². The number of nitrogens with one attached hydrogen (secondary N) is 2. The number of rotatable bonds is 5. The van der Waals surface area contributed by atoms with E-state index in [1.54, 1.807) is 31.2 Å². The number of amides is 3. The Morgan fingerprint density at radius 2 is 2.00 bits per heavy atom. The molecule has 33 heavy (non-hydrogen) atoms. The van der Waals surface area contributed by atoms with Crippen molar-refractivity contribution in [3.63, 3.8) is 0 Å². The van der Waals surface area contributed by atoms with Crippen LogP contribution in [-0.2, 0) is 19.5 Å². The first kappa shape index (κ1) is 21.9. The second-order valence-electron chi connectivity index (χ2n) is 7.60.